The first-order chi connectivity index (χ1) is 14.2. The Labute approximate surface area is 184 Å². The lowest BCUT2D eigenvalue weighted by atomic mass is 9.99. The summed E-state index contributed by atoms with van der Waals surface area (Å²) in [6.45, 7) is 6.05. The average Bonchev–Trinajstić information content (AvgIpc) is 3.34. The lowest BCUT2D eigenvalue weighted by Gasteiger charge is -2.17. The number of benzene rings is 1. The fraction of sp³-hybridized carbons (Fsp3) is 0.381. The van der Waals surface area contributed by atoms with Crippen molar-refractivity contribution in [1.29, 1.82) is 0 Å². The number of carbonyl (C=O) groups excluding carboxylic acids is 1. The highest BCUT2D eigenvalue weighted by atomic mass is 35.5. The normalized spacial score (nSPS) is 14.3. The van der Waals surface area contributed by atoms with Crippen molar-refractivity contribution < 1.29 is 14.3 Å². The summed E-state index contributed by atoms with van der Waals surface area (Å²) < 4.78 is 13.1. The van der Waals surface area contributed by atoms with Gasteiger partial charge in [-0.25, -0.2) is 4.98 Å². The topological polar surface area (TPSA) is 78.3 Å². The number of methoxy groups -OCH3 is 1. The van der Waals surface area contributed by atoms with Crippen LogP contribution in [-0.4, -0.2) is 33.4 Å². The van der Waals surface area contributed by atoms with Crippen molar-refractivity contribution in [3.63, 3.8) is 0 Å². The largest absolute Gasteiger partial charge is 0.493 e. The lowest BCUT2D eigenvalue weighted by molar-refractivity contribution is 0.101. The highest BCUT2D eigenvalue weighted by Gasteiger charge is 2.33. The number of rotatable bonds is 5. The maximum atomic E-state index is 12.7. The molecule has 4 rings (SSSR count). The maximum Gasteiger partial charge on any atom is 0.277 e. The summed E-state index contributed by atoms with van der Waals surface area (Å²) in [4.78, 5) is 17.3. The zero-order valence-corrected chi connectivity index (χ0v) is 19.1. The van der Waals surface area contributed by atoms with Gasteiger partial charge in [0, 0.05) is 30.0 Å². The summed E-state index contributed by atoms with van der Waals surface area (Å²) in [5.41, 5.74) is 3.50. The van der Waals surface area contributed by atoms with E-state index in [0.29, 0.717) is 33.7 Å². The van der Waals surface area contributed by atoms with Crippen LogP contribution in [0.4, 0.5) is 5.13 Å². The number of anilines is 1. The van der Waals surface area contributed by atoms with Gasteiger partial charge in [0.2, 0.25) is 0 Å². The highest BCUT2D eigenvalue weighted by molar-refractivity contribution is 7.14. The van der Waals surface area contributed by atoms with Crippen molar-refractivity contribution >= 4 is 34.0 Å². The maximum absolute atomic E-state index is 12.7. The van der Waals surface area contributed by atoms with Gasteiger partial charge in [-0.1, -0.05) is 18.5 Å². The van der Waals surface area contributed by atoms with Gasteiger partial charge in [-0.05, 0) is 32.4 Å². The molecule has 30 heavy (non-hydrogen) atoms. The van der Waals surface area contributed by atoms with E-state index >= 15 is 0 Å². The van der Waals surface area contributed by atoms with Gasteiger partial charge in [0.15, 0.2) is 16.6 Å². The number of thiazole rings is 1. The quantitative estimate of drug-likeness (QED) is 0.612. The summed E-state index contributed by atoms with van der Waals surface area (Å²) in [7, 11) is 3.33. The number of halogens is 1. The van der Waals surface area contributed by atoms with E-state index in [1.54, 1.807) is 14.2 Å². The molecule has 2 aromatic heterocycles. The van der Waals surface area contributed by atoms with Gasteiger partial charge in [-0.2, -0.15) is 5.10 Å². The third-order valence-corrected chi connectivity index (χ3v) is 6.13. The number of fused-ring (bicyclic) bond motifs is 1. The second-order valence-electron chi connectivity index (χ2n) is 7.78. The molecule has 0 saturated carbocycles. The number of carbonyl (C=O) groups is 1. The van der Waals surface area contributed by atoms with E-state index in [1.807, 2.05) is 18.4 Å². The monoisotopic (exact) mass is 446 g/mol. The Morgan fingerprint density at radius 1 is 1.43 bits per heavy atom. The molecule has 158 valence electrons. The van der Waals surface area contributed by atoms with E-state index in [-0.39, 0.29) is 11.5 Å². The van der Waals surface area contributed by atoms with Gasteiger partial charge in [-0.3, -0.25) is 14.8 Å². The van der Waals surface area contributed by atoms with Gasteiger partial charge in [-0.15, -0.1) is 11.3 Å². The minimum Gasteiger partial charge on any atom is -0.493 e. The van der Waals surface area contributed by atoms with Crippen LogP contribution in [0.3, 0.4) is 0 Å². The number of aromatic nitrogens is 3. The summed E-state index contributed by atoms with van der Waals surface area (Å²) in [6, 6.07) is 3.98. The highest BCUT2D eigenvalue weighted by Crippen LogP contribution is 2.44. The Hall–Kier alpha value is -2.58. The van der Waals surface area contributed by atoms with E-state index in [4.69, 9.17) is 21.1 Å². The van der Waals surface area contributed by atoms with Crippen LogP contribution in [-0.2, 0) is 19.9 Å². The minimum atomic E-state index is -0.336. The molecule has 0 radical (unpaired) electrons. The van der Waals surface area contributed by atoms with E-state index in [1.165, 1.54) is 16.0 Å². The van der Waals surface area contributed by atoms with Crippen molar-refractivity contribution in [1.82, 2.24) is 14.8 Å². The van der Waals surface area contributed by atoms with E-state index < -0.39 is 0 Å². The molecule has 1 N–H and O–H groups in total. The first-order valence-corrected chi connectivity index (χ1v) is 10.9. The van der Waals surface area contributed by atoms with E-state index in [2.05, 4.69) is 35.3 Å². The molecule has 7 nitrogen and oxygen atoms in total. The van der Waals surface area contributed by atoms with Gasteiger partial charge >= 0.3 is 0 Å². The van der Waals surface area contributed by atoms with Crippen LogP contribution in [0.5, 0.6) is 11.5 Å². The summed E-state index contributed by atoms with van der Waals surface area (Å²) in [5, 5.41) is 9.88. The van der Waals surface area contributed by atoms with Crippen LogP contribution in [0, 0.1) is 0 Å². The van der Waals surface area contributed by atoms with Gasteiger partial charge < -0.3 is 9.47 Å². The number of hydrogen-bond acceptors (Lipinski definition) is 6. The fourth-order valence-corrected chi connectivity index (χ4v) is 4.72. The number of ether oxygens (including phenoxy) is 2. The molecule has 9 heteroatoms. The number of amides is 1. The SMILES string of the molecule is CCc1nn(C)c(C(=O)Nc2nc(-c3cc4c(c(OC)c3)OC(C)(C)C4)cs2)c1Cl. The molecule has 1 amide bonds. The molecule has 0 fully saturated rings. The zero-order chi connectivity index (χ0) is 21.6. The molecule has 0 unspecified atom stereocenters. The van der Waals surface area contributed by atoms with Crippen LogP contribution < -0.4 is 14.8 Å². The number of nitrogens with zero attached hydrogens (tertiary/aromatic N) is 3. The van der Waals surface area contributed by atoms with Crippen LogP contribution >= 0.6 is 22.9 Å². The van der Waals surface area contributed by atoms with Crippen LogP contribution in [0.1, 0.15) is 42.5 Å². The van der Waals surface area contributed by atoms with Crippen LogP contribution in [0.15, 0.2) is 17.5 Å². The molecular weight excluding hydrogens is 424 g/mol. The minimum absolute atomic E-state index is 0.269. The van der Waals surface area contributed by atoms with Crippen molar-refractivity contribution in [2.45, 2.75) is 39.2 Å². The Morgan fingerprint density at radius 3 is 2.87 bits per heavy atom. The van der Waals surface area contributed by atoms with Gasteiger partial charge in [0.25, 0.3) is 5.91 Å². The molecule has 0 aliphatic carbocycles. The fourth-order valence-electron chi connectivity index (χ4n) is 3.62. The molecule has 0 bridgehead atoms. The number of aryl methyl sites for hydroxylation is 2. The predicted octanol–water partition coefficient (Wildman–Crippen LogP) is 4.73. The average molecular weight is 447 g/mol. The predicted molar refractivity (Wildman–Crippen MR) is 118 cm³/mol. The van der Waals surface area contributed by atoms with Crippen molar-refractivity contribution in [2.24, 2.45) is 7.05 Å². The first kappa shape index (κ1) is 20.7. The third kappa shape index (κ3) is 3.65. The molecule has 0 atom stereocenters. The van der Waals surface area contributed by atoms with Crippen molar-refractivity contribution in [3.8, 4) is 22.8 Å². The van der Waals surface area contributed by atoms with Crippen LogP contribution in [0.25, 0.3) is 11.3 Å². The van der Waals surface area contributed by atoms with Gasteiger partial charge in [0.1, 0.15) is 11.3 Å². The Balaban J connectivity index is 1.60. The zero-order valence-electron chi connectivity index (χ0n) is 17.5. The number of hydrogen-bond donors (Lipinski definition) is 1. The van der Waals surface area contributed by atoms with E-state index in [9.17, 15) is 4.79 Å². The Bertz CT molecular complexity index is 1140. The standard InChI is InChI=1S/C21H23ClN4O3S/c1-6-13-16(22)17(26(4)25-13)19(27)24-20-23-14(10-30-20)11-7-12-9-21(2,3)29-18(12)15(8-11)28-5/h7-8,10H,6,9H2,1-5H3,(H,23,24,27). The van der Waals surface area contributed by atoms with Crippen molar-refractivity contribution in [3.05, 3.63) is 39.5 Å². The molecule has 3 aromatic rings. The summed E-state index contributed by atoms with van der Waals surface area (Å²) in [5.74, 6) is 1.13. The Kier molecular flexibility index (Phi) is 5.23. The summed E-state index contributed by atoms with van der Waals surface area (Å²) >= 11 is 7.67. The van der Waals surface area contributed by atoms with E-state index in [0.717, 1.165) is 29.0 Å². The lowest BCUT2D eigenvalue weighted by Crippen LogP contribution is -2.24. The first-order valence-electron chi connectivity index (χ1n) is 9.61. The molecule has 0 saturated heterocycles. The van der Waals surface area contributed by atoms with Gasteiger partial charge in [0.05, 0.1) is 23.5 Å². The Morgan fingerprint density at radius 2 is 2.20 bits per heavy atom. The smallest absolute Gasteiger partial charge is 0.277 e. The molecule has 1 aliphatic heterocycles. The second-order valence-corrected chi connectivity index (χ2v) is 9.02. The number of nitrogens with one attached hydrogen (secondary N) is 1. The molecular formula is C21H23ClN4O3S. The second kappa shape index (κ2) is 7.59. The molecule has 0 spiro atoms. The molecule has 3 heterocycles. The molecule has 1 aliphatic rings. The van der Waals surface area contributed by atoms with Crippen LogP contribution in [0.2, 0.25) is 5.02 Å². The van der Waals surface area contributed by atoms with Crippen molar-refractivity contribution in [2.75, 3.05) is 12.4 Å². The third-order valence-electron chi connectivity index (χ3n) is 4.97. The molecule has 1 aromatic carbocycles. The summed E-state index contributed by atoms with van der Waals surface area (Å²) in [6.07, 6.45) is 1.45.